The summed E-state index contributed by atoms with van der Waals surface area (Å²) in [6, 6.07) is 17.4. The summed E-state index contributed by atoms with van der Waals surface area (Å²) < 4.78 is 5.52. The van der Waals surface area contributed by atoms with Gasteiger partial charge in [0.05, 0.1) is 12.8 Å². The number of ether oxygens (including phenoxy) is 1. The Labute approximate surface area is 129 Å². The zero-order valence-electron chi connectivity index (χ0n) is 11.7. The van der Waals surface area contributed by atoms with Crippen LogP contribution in [0, 0.1) is 0 Å². The highest BCUT2D eigenvalue weighted by atomic mass is 32.1. The van der Waals surface area contributed by atoms with Crippen LogP contribution in [0.2, 0.25) is 0 Å². The first-order valence-electron chi connectivity index (χ1n) is 6.66. The summed E-state index contributed by atoms with van der Waals surface area (Å²) in [6.07, 6.45) is 1.68. The third-order valence-electron chi connectivity index (χ3n) is 2.62. The highest BCUT2D eigenvalue weighted by molar-refractivity contribution is 7.80. The van der Waals surface area contributed by atoms with Crippen LogP contribution in [0.25, 0.3) is 0 Å². The third kappa shape index (κ3) is 4.89. The van der Waals surface area contributed by atoms with E-state index in [0.29, 0.717) is 11.7 Å². The Kier molecular flexibility index (Phi) is 5.72. The van der Waals surface area contributed by atoms with Crippen molar-refractivity contribution >= 4 is 29.2 Å². The molecular weight excluding hydrogens is 282 g/mol. The Balaban J connectivity index is 1.92. The molecule has 2 aromatic carbocycles. The molecule has 0 unspecified atom stereocenters. The molecule has 108 valence electrons. The van der Waals surface area contributed by atoms with E-state index in [1.807, 2.05) is 61.5 Å². The quantitative estimate of drug-likeness (QED) is 0.504. The molecule has 0 aliphatic heterocycles. The summed E-state index contributed by atoms with van der Waals surface area (Å²) in [7, 11) is 0. The summed E-state index contributed by atoms with van der Waals surface area (Å²) in [5.41, 5.74) is 4.60. The molecule has 2 aromatic rings. The normalized spacial score (nSPS) is 10.3. The molecule has 0 fully saturated rings. The maximum atomic E-state index is 5.52. The lowest BCUT2D eigenvalue weighted by molar-refractivity contribution is 0.340. The summed E-state index contributed by atoms with van der Waals surface area (Å²) in [5, 5.41) is 7.60. The number of para-hydroxylation sites is 2. The van der Waals surface area contributed by atoms with Gasteiger partial charge in [-0.15, -0.1) is 0 Å². The second kappa shape index (κ2) is 8.01. The average molecular weight is 299 g/mol. The fraction of sp³-hybridized carbons (Fsp3) is 0.125. The van der Waals surface area contributed by atoms with Gasteiger partial charge in [-0.05, 0) is 43.4 Å². The Bertz CT molecular complexity index is 614. The van der Waals surface area contributed by atoms with Gasteiger partial charge in [0.25, 0.3) is 0 Å². The minimum atomic E-state index is 0.436. The van der Waals surface area contributed by atoms with Gasteiger partial charge in [0, 0.05) is 11.3 Å². The molecule has 0 radical (unpaired) electrons. The molecule has 0 saturated heterocycles. The number of nitrogens with zero attached hydrogens (tertiary/aromatic N) is 1. The van der Waals surface area contributed by atoms with Gasteiger partial charge in [0.15, 0.2) is 5.11 Å². The molecule has 21 heavy (non-hydrogen) atoms. The highest BCUT2D eigenvalue weighted by Crippen LogP contribution is 2.15. The van der Waals surface area contributed by atoms with Crippen LogP contribution in [0.4, 0.5) is 5.69 Å². The van der Waals surface area contributed by atoms with Gasteiger partial charge in [-0.2, -0.15) is 5.10 Å². The molecule has 0 bridgehead atoms. The summed E-state index contributed by atoms with van der Waals surface area (Å²) in [4.78, 5) is 0. The monoisotopic (exact) mass is 299 g/mol. The van der Waals surface area contributed by atoms with E-state index in [1.54, 1.807) is 6.21 Å². The van der Waals surface area contributed by atoms with Crippen molar-refractivity contribution in [2.45, 2.75) is 6.92 Å². The van der Waals surface area contributed by atoms with Gasteiger partial charge in [0.2, 0.25) is 0 Å². The smallest absolute Gasteiger partial charge is 0.191 e. The van der Waals surface area contributed by atoms with Crippen molar-refractivity contribution in [2.75, 3.05) is 11.9 Å². The van der Waals surface area contributed by atoms with Crippen LogP contribution in [0.3, 0.4) is 0 Å². The van der Waals surface area contributed by atoms with E-state index in [1.165, 1.54) is 0 Å². The Morgan fingerprint density at radius 2 is 1.86 bits per heavy atom. The lowest BCUT2D eigenvalue weighted by Gasteiger charge is -2.07. The maximum Gasteiger partial charge on any atom is 0.191 e. The molecule has 2 rings (SSSR count). The van der Waals surface area contributed by atoms with Crippen molar-refractivity contribution in [2.24, 2.45) is 5.10 Å². The van der Waals surface area contributed by atoms with Gasteiger partial charge in [0.1, 0.15) is 5.75 Å². The Morgan fingerprint density at radius 1 is 1.14 bits per heavy atom. The summed E-state index contributed by atoms with van der Waals surface area (Å²) in [5.74, 6) is 0.799. The van der Waals surface area contributed by atoms with E-state index in [2.05, 4.69) is 15.8 Å². The molecule has 0 aromatic heterocycles. The van der Waals surface area contributed by atoms with Crippen LogP contribution in [0.15, 0.2) is 59.7 Å². The molecule has 0 aliphatic carbocycles. The van der Waals surface area contributed by atoms with Crippen LogP contribution in [0.5, 0.6) is 5.75 Å². The number of rotatable bonds is 5. The topological polar surface area (TPSA) is 45.6 Å². The van der Waals surface area contributed by atoms with Crippen molar-refractivity contribution in [3.8, 4) is 5.75 Å². The van der Waals surface area contributed by atoms with Crippen LogP contribution in [-0.2, 0) is 0 Å². The van der Waals surface area contributed by atoms with E-state index >= 15 is 0 Å². The predicted molar refractivity (Wildman–Crippen MR) is 91.0 cm³/mol. The molecule has 0 atom stereocenters. The van der Waals surface area contributed by atoms with E-state index in [-0.39, 0.29) is 0 Å². The second-order valence-corrected chi connectivity index (χ2v) is 4.57. The standard InChI is InChI=1S/C16H17N3OS/c1-2-20-15-11-7-6-8-13(15)12-17-19-16(21)18-14-9-4-3-5-10-14/h3-12H,2H2,1H3,(H2,18,19,21)/b17-12-. The van der Waals surface area contributed by atoms with E-state index in [9.17, 15) is 0 Å². The maximum absolute atomic E-state index is 5.52. The second-order valence-electron chi connectivity index (χ2n) is 4.16. The van der Waals surface area contributed by atoms with Crippen molar-refractivity contribution in [3.63, 3.8) is 0 Å². The molecule has 5 heteroatoms. The molecule has 4 nitrogen and oxygen atoms in total. The molecule has 0 aliphatic rings. The van der Waals surface area contributed by atoms with Crippen molar-refractivity contribution in [1.29, 1.82) is 0 Å². The number of anilines is 1. The molecule has 2 N–H and O–H groups in total. The van der Waals surface area contributed by atoms with Crippen molar-refractivity contribution in [1.82, 2.24) is 5.43 Å². The fourth-order valence-corrected chi connectivity index (χ4v) is 1.89. The SMILES string of the molecule is CCOc1ccccc1/C=N\NC(=S)Nc1ccccc1. The first kappa shape index (κ1) is 15.0. The number of benzene rings is 2. The number of hydrogen-bond donors (Lipinski definition) is 2. The van der Waals surface area contributed by atoms with Crippen LogP contribution >= 0.6 is 12.2 Å². The van der Waals surface area contributed by atoms with Gasteiger partial charge in [-0.25, -0.2) is 0 Å². The predicted octanol–water partition coefficient (Wildman–Crippen LogP) is 3.41. The minimum absolute atomic E-state index is 0.436. The average Bonchev–Trinajstić information content (AvgIpc) is 2.50. The van der Waals surface area contributed by atoms with Crippen LogP contribution in [-0.4, -0.2) is 17.9 Å². The van der Waals surface area contributed by atoms with Gasteiger partial charge < -0.3 is 10.1 Å². The van der Waals surface area contributed by atoms with Crippen LogP contribution in [0.1, 0.15) is 12.5 Å². The number of hydrazone groups is 1. The largest absolute Gasteiger partial charge is 0.493 e. The lowest BCUT2D eigenvalue weighted by atomic mass is 10.2. The summed E-state index contributed by atoms with van der Waals surface area (Å²) in [6.45, 7) is 2.57. The highest BCUT2D eigenvalue weighted by Gasteiger charge is 1.99. The van der Waals surface area contributed by atoms with E-state index < -0.39 is 0 Å². The van der Waals surface area contributed by atoms with E-state index in [4.69, 9.17) is 17.0 Å². The minimum Gasteiger partial charge on any atom is -0.493 e. The van der Waals surface area contributed by atoms with Gasteiger partial charge >= 0.3 is 0 Å². The van der Waals surface area contributed by atoms with E-state index in [0.717, 1.165) is 17.0 Å². The number of hydrogen-bond acceptors (Lipinski definition) is 3. The third-order valence-corrected chi connectivity index (χ3v) is 2.81. The lowest BCUT2D eigenvalue weighted by Crippen LogP contribution is -2.23. The molecule has 0 heterocycles. The van der Waals surface area contributed by atoms with Gasteiger partial charge in [-0.3, -0.25) is 5.43 Å². The van der Waals surface area contributed by atoms with Crippen molar-refractivity contribution in [3.05, 3.63) is 60.2 Å². The zero-order valence-corrected chi connectivity index (χ0v) is 12.6. The Morgan fingerprint density at radius 3 is 2.62 bits per heavy atom. The number of thiocarbonyl (C=S) groups is 1. The van der Waals surface area contributed by atoms with Gasteiger partial charge in [-0.1, -0.05) is 30.3 Å². The van der Waals surface area contributed by atoms with Crippen LogP contribution < -0.4 is 15.5 Å². The molecule has 0 saturated carbocycles. The Hall–Kier alpha value is -2.40. The summed E-state index contributed by atoms with van der Waals surface area (Å²) >= 11 is 5.17. The molecule has 0 amide bonds. The molecular formula is C16H17N3OS. The first-order valence-corrected chi connectivity index (χ1v) is 7.07. The fourth-order valence-electron chi connectivity index (χ4n) is 1.72. The van der Waals surface area contributed by atoms with Crippen molar-refractivity contribution < 1.29 is 4.74 Å². The number of nitrogens with one attached hydrogen (secondary N) is 2. The first-order chi connectivity index (χ1) is 10.3. The zero-order chi connectivity index (χ0) is 14.9. The molecule has 0 spiro atoms.